The molecule has 1 atom stereocenters. The third-order valence-electron chi connectivity index (χ3n) is 4.10. The first kappa shape index (κ1) is 13.6. The summed E-state index contributed by atoms with van der Waals surface area (Å²) in [7, 11) is -1.25. The molecule has 1 unspecified atom stereocenters. The van der Waals surface area contributed by atoms with Crippen LogP contribution in [0.3, 0.4) is 0 Å². The fraction of sp³-hybridized carbons (Fsp3) is 0.263. The monoisotopic (exact) mass is 281 g/mol. The van der Waals surface area contributed by atoms with Gasteiger partial charge in [-0.15, -0.1) is 0 Å². The van der Waals surface area contributed by atoms with E-state index < -0.39 is 7.26 Å². The minimum absolute atomic E-state index is 0.254. The molecule has 0 saturated carbocycles. The van der Waals surface area contributed by atoms with Crippen LogP contribution in [0, 0.1) is 5.41 Å². The van der Waals surface area contributed by atoms with Crippen LogP contribution in [0.4, 0.5) is 0 Å². The largest absolute Gasteiger partial charge is 0.150 e. The topological polar surface area (TPSA) is 0 Å². The number of rotatable bonds is 2. The molecule has 20 heavy (non-hydrogen) atoms. The second-order valence-corrected chi connectivity index (χ2v) is 10.1. The van der Waals surface area contributed by atoms with Crippen LogP contribution in [-0.4, -0.2) is 6.66 Å². The fourth-order valence-corrected chi connectivity index (χ4v) is 8.19. The Labute approximate surface area is 122 Å². The van der Waals surface area contributed by atoms with Crippen LogP contribution in [0.2, 0.25) is 0 Å². The van der Waals surface area contributed by atoms with Crippen LogP contribution in [0.5, 0.6) is 0 Å². The molecule has 3 rings (SSSR count). The van der Waals surface area contributed by atoms with E-state index in [1.54, 1.807) is 10.6 Å². The molecule has 0 aromatic heterocycles. The lowest BCUT2D eigenvalue weighted by Crippen LogP contribution is -2.08. The van der Waals surface area contributed by atoms with E-state index in [0.29, 0.717) is 0 Å². The van der Waals surface area contributed by atoms with Crippen LogP contribution >= 0.6 is 7.26 Å². The number of hydrogen-bond acceptors (Lipinski definition) is 0. The Bertz CT molecular complexity index is 647. The molecule has 0 bridgehead atoms. The summed E-state index contributed by atoms with van der Waals surface area (Å²) in [6.07, 6.45) is 0. The first-order valence-corrected chi connectivity index (χ1v) is 9.43. The van der Waals surface area contributed by atoms with Gasteiger partial charge in [0.25, 0.3) is 0 Å². The van der Waals surface area contributed by atoms with E-state index in [9.17, 15) is 0 Å². The van der Waals surface area contributed by atoms with E-state index in [1.807, 2.05) is 0 Å². The van der Waals surface area contributed by atoms with Crippen LogP contribution in [0.1, 0.15) is 26.3 Å². The minimum atomic E-state index is -1.25. The van der Waals surface area contributed by atoms with E-state index >= 15 is 0 Å². The van der Waals surface area contributed by atoms with Gasteiger partial charge in [-0.2, -0.15) is 0 Å². The Morgan fingerprint density at radius 3 is 1.75 bits per heavy atom. The van der Waals surface area contributed by atoms with E-state index in [4.69, 9.17) is 0 Å². The molecule has 1 heterocycles. The van der Waals surface area contributed by atoms with Crippen molar-refractivity contribution in [1.82, 2.24) is 0 Å². The molecule has 102 valence electrons. The maximum atomic E-state index is 2.48. The maximum Gasteiger partial charge on any atom is 0.150 e. The molecule has 0 aliphatic carbocycles. The van der Waals surface area contributed by atoms with E-state index in [2.05, 4.69) is 88.1 Å². The summed E-state index contributed by atoms with van der Waals surface area (Å²) in [5, 5.41) is 4.82. The molecular weight excluding hydrogens is 259 g/mol. The van der Waals surface area contributed by atoms with Crippen LogP contribution in [0.15, 0.2) is 66.0 Å². The van der Waals surface area contributed by atoms with Crippen LogP contribution in [0.25, 0.3) is 5.31 Å². The zero-order chi connectivity index (χ0) is 14.4. The summed E-state index contributed by atoms with van der Waals surface area (Å²) >= 11 is 0. The van der Waals surface area contributed by atoms with E-state index in [1.165, 1.54) is 10.9 Å². The number of benzene rings is 2. The quantitative estimate of drug-likeness (QED) is 0.648. The van der Waals surface area contributed by atoms with Gasteiger partial charge < -0.3 is 0 Å². The van der Waals surface area contributed by atoms with Gasteiger partial charge in [0.1, 0.15) is 23.2 Å². The van der Waals surface area contributed by atoms with Crippen molar-refractivity contribution in [2.45, 2.75) is 20.8 Å². The zero-order valence-electron chi connectivity index (χ0n) is 12.7. The SMILES string of the molecule is CC(C)(C)C1=C(c2ccccc2)[P+]1(C)c1ccccc1. The van der Waals surface area contributed by atoms with Crippen molar-refractivity contribution < 1.29 is 0 Å². The Morgan fingerprint density at radius 2 is 1.25 bits per heavy atom. The molecule has 0 fully saturated rings. The van der Waals surface area contributed by atoms with Gasteiger partial charge in [0.15, 0.2) is 0 Å². The third-order valence-corrected chi connectivity index (χ3v) is 8.37. The molecule has 0 saturated heterocycles. The average Bonchev–Trinajstić information content (AvgIpc) is 3.09. The highest BCUT2D eigenvalue weighted by Gasteiger charge is 2.65. The highest BCUT2D eigenvalue weighted by molar-refractivity contribution is 8.02. The second-order valence-electron chi connectivity index (χ2n) is 6.66. The minimum Gasteiger partial charge on any atom is -0.0622 e. The van der Waals surface area contributed by atoms with Gasteiger partial charge in [0.05, 0.1) is 6.66 Å². The number of allylic oxidation sites excluding steroid dienone is 1. The Hall–Kier alpha value is -1.39. The van der Waals surface area contributed by atoms with Crippen molar-refractivity contribution in [2.24, 2.45) is 5.41 Å². The number of hydrogen-bond donors (Lipinski definition) is 0. The normalized spacial score (nSPS) is 22.0. The second kappa shape index (κ2) is 4.57. The summed E-state index contributed by atoms with van der Waals surface area (Å²) in [5.74, 6) is 0. The molecule has 0 nitrogen and oxygen atoms in total. The first-order chi connectivity index (χ1) is 9.45. The lowest BCUT2D eigenvalue weighted by molar-refractivity contribution is 0.539. The third kappa shape index (κ3) is 2.03. The first-order valence-electron chi connectivity index (χ1n) is 7.19. The van der Waals surface area contributed by atoms with Crippen molar-refractivity contribution in [1.29, 1.82) is 0 Å². The van der Waals surface area contributed by atoms with Crippen molar-refractivity contribution in [3.8, 4) is 0 Å². The smallest absolute Gasteiger partial charge is 0.0622 e. The molecular formula is C19H22P+. The maximum absolute atomic E-state index is 2.48. The van der Waals surface area contributed by atoms with Gasteiger partial charge in [0.2, 0.25) is 0 Å². The highest BCUT2D eigenvalue weighted by Crippen LogP contribution is 2.90. The van der Waals surface area contributed by atoms with Gasteiger partial charge in [-0.1, -0.05) is 69.3 Å². The zero-order valence-corrected chi connectivity index (χ0v) is 13.6. The lowest BCUT2D eigenvalue weighted by Gasteiger charge is -2.15. The van der Waals surface area contributed by atoms with Gasteiger partial charge in [-0.05, 0) is 12.1 Å². The summed E-state index contributed by atoms with van der Waals surface area (Å²) in [5.41, 5.74) is 1.67. The van der Waals surface area contributed by atoms with E-state index in [-0.39, 0.29) is 5.41 Å². The van der Waals surface area contributed by atoms with Crippen LogP contribution < -0.4 is 5.30 Å². The van der Waals surface area contributed by atoms with Crippen molar-refractivity contribution in [2.75, 3.05) is 6.66 Å². The summed E-state index contributed by atoms with van der Waals surface area (Å²) in [4.78, 5) is 0. The Kier molecular flexibility index (Phi) is 3.10. The summed E-state index contributed by atoms with van der Waals surface area (Å²) in [6, 6.07) is 22.0. The Morgan fingerprint density at radius 1 is 0.750 bits per heavy atom. The molecule has 1 heteroatoms. The predicted molar refractivity (Wildman–Crippen MR) is 91.7 cm³/mol. The molecule has 0 spiro atoms. The molecule has 0 amide bonds. The van der Waals surface area contributed by atoms with Crippen molar-refractivity contribution in [3.05, 3.63) is 71.5 Å². The fourth-order valence-electron chi connectivity index (χ4n) is 3.33. The Balaban J connectivity index is 2.12. The van der Waals surface area contributed by atoms with Gasteiger partial charge in [0, 0.05) is 11.0 Å². The van der Waals surface area contributed by atoms with Crippen molar-refractivity contribution in [3.63, 3.8) is 0 Å². The van der Waals surface area contributed by atoms with Crippen LogP contribution in [-0.2, 0) is 0 Å². The predicted octanol–water partition coefficient (Wildman–Crippen LogP) is 5.39. The molecule has 0 radical (unpaired) electrons. The van der Waals surface area contributed by atoms with E-state index in [0.717, 1.165) is 0 Å². The summed E-state index contributed by atoms with van der Waals surface area (Å²) < 4.78 is 0. The van der Waals surface area contributed by atoms with Crippen molar-refractivity contribution >= 4 is 17.9 Å². The standard InChI is InChI=1S/C19H22P/c1-19(2,3)18-17(15-11-7-5-8-12-15)20(18,4)16-13-9-6-10-14-16/h5-14H,1-4H3/q+1. The van der Waals surface area contributed by atoms with Gasteiger partial charge >= 0.3 is 0 Å². The highest BCUT2D eigenvalue weighted by atomic mass is 31.2. The molecule has 1 aliphatic rings. The molecule has 0 N–H and O–H groups in total. The summed E-state index contributed by atoms with van der Waals surface area (Å²) in [6.45, 7) is 9.52. The van der Waals surface area contributed by atoms with Gasteiger partial charge in [-0.3, -0.25) is 0 Å². The average molecular weight is 281 g/mol. The molecule has 1 aliphatic heterocycles. The lowest BCUT2D eigenvalue weighted by atomic mass is 9.95. The van der Waals surface area contributed by atoms with Gasteiger partial charge in [-0.25, -0.2) is 0 Å². The molecule has 2 aromatic carbocycles. The molecule has 2 aromatic rings.